The number of nitro groups is 1. The quantitative estimate of drug-likeness (QED) is 0.668. The second kappa shape index (κ2) is 4.86. The first kappa shape index (κ1) is 12.1. The molecule has 0 aliphatic carbocycles. The number of anilines is 1. The molecule has 94 valence electrons. The van der Waals surface area contributed by atoms with Crippen molar-refractivity contribution in [3.8, 4) is 0 Å². The minimum Gasteiger partial charge on any atom is -0.364 e. The third kappa shape index (κ3) is 2.47. The zero-order valence-electron chi connectivity index (χ0n) is 9.01. The van der Waals surface area contributed by atoms with Crippen molar-refractivity contribution in [1.29, 1.82) is 0 Å². The van der Waals surface area contributed by atoms with E-state index in [0.29, 0.717) is 10.9 Å². The molecule has 1 aromatic carbocycles. The van der Waals surface area contributed by atoms with Crippen molar-refractivity contribution in [1.82, 2.24) is 9.97 Å². The molecule has 1 N–H and O–H groups in total. The molecular formula is C10H8F2N4O2. The van der Waals surface area contributed by atoms with Gasteiger partial charge in [0, 0.05) is 17.5 Å². The van der Waals surface area contributed by atoms with Gasteiger partial charge in [-0.25, -0.2) is 18.7 Å². The zero-order chi connectivity index (χ0) is 13.1. The number of non-ortho nitro benzene ring substituents is 1. The van der Waals surface area contributed by atoms with Crippen LogP contribution in [-0.4, -0.2) is 27.9 Å². The summed E-state index contributed by atoms with van der Waals surface area (Å²) in [4.78, 5) is 17.8. The van der Waals surface area contributed by atoms with Gasteiger partial charge in [-0.05, 0) is 6.07 Å². The summed E-state index contributed by atoms with van der Waals surface area (Å²) in [5.74, 6) is 0.156. The number of benzene rings is 1. The van der Waals surface area contributed by atoms with Crippen LogP contribution in [0.25, 0.3) is 10.9 Å². The average Bonchev–Trinajstić information content (AvgIpc) is 2.35. The Morgan fingerprint density at radius 2 is 2.17 bits per heavy atom. The fraction of sp³-hybridized carbons (Fsp3) is 0.200. The van der Waals surface area contributed by atoms with Gasteiger partial charge in [0.25, 0.3) is 12.1 Å². The van der Waals surface area contributed by atoms with Crippen LogP contribution in [0.1, 0.15) is 0 Å². The number of rotatable bonds is 4. The highest BCUT2D eigenvalue weighted by molar-refractivity contribution is 5.90. The third-order valence-electron chi connectivity index (χ3n) is 2.25. The molecule has 2 aromatic rings. The molecule has 0 spiro atoms. The van der Waals surface area contributed by atoms with Gasteiger partial charge < -0.3 is 5.32 Å². The smallest absolute Gasteiger partial charge is 0.270 e. The Balaban J connectivity index is 2.45. The first-order chi connectivity index (χ1) is 8.58. The average molecular weight is 254 g/mol. The van der Waals surface area contributed by atoms with E-state index in [4.69, 9.17) is 0 Å². The van der Waals surface area contributed by atoms with Crippen molar-refractivity contribution in [3.63, 3.8) is 0 Å². The Kier molecular flexibility index (Phi) is 3.26. The normalized spacial score (nSPS) is 10.8. The predicted octanol–water partition coefficient (Wildman–Crippen LogP) is 2.21. The lowest BCUT2D eigenvalue weighted by atomic mass is 10.2. The van der Waals surface area contributed by atoms with Gasteiger partial charge in [-0.1, -0.05) is 0 Å². The van der Waals surface area contributed by atoms with E-state index in [1.807, 2.05) is 0 Å². The molecule has 0 radical (unpaired) electrons. The number of alkyl halides is 2. The lowest BCUT2D eigenvalue weighted by Crippen LogP contribution is -2.11. The largest absolute Gasteiger partial charge is 0.364 e. The van der Waals surface area contributed by atoms with Gasteiger partial charge >= 0.3 is 0 Å². The molecule has 6 nitrogen and oxygen atoms in total. The number of halogens is 2. The van der Waals surface area contributed by atoms with E-state index in [2.05, 4.69) is 15.3 Å². The van der Waals surface area contributed by atoms with E-state index in [1.54, 1.807) is 0 Å². The van der Waals surface area contributed by atoms with Crippen molar-refractivity contribution >= 4 is 22.4 Å². The molecule has 1 aromatic heterocycles. The minimum absolute atomic E-state index is 0.141. The van der Waals surface area contributed by atoms with Crippen molar-refractivity contribution in [2.24, 2.45) is 0 Å². The fourth-order valence-corrected chi connectivity index (χ4v) is 1.47. The Morgan fingerprint density at radius 3 is 2.83 bits per heavy atom. The first-order valence-electron chi connectivity index (χ1n) is 4.99. The highest BCUT2D eigenvalue weighted by atomic mass is 19.3. The topological polar surface area (TPSA) is 81.0 Å². The molecule has 0 saturated carbocycles. The SMILES string of the molecule is O=[N+]([O-])c1ccc2ncnc(NCC(F)F)c2c1. The minimum atomic E-state index is -2.53. The van der Waals surface area contributed by atoms with E-state index >= 15 is 0 Å². The van der Waals surface area contributed by atoms with Gasteiger partial charge in [-0.2, -0.15) is 0 Å². The van der Waals surface area contributed by atoms with Crippen LogP contribution in [0.4, 0.5) is 20.3 Å². The molecule has 0 fully saturated rings. The summed E-state index contributed by atoms with van der Waals surface area (Å²) in [6, 6.07) is 4.00. The number of hydrogen-bond donors (Lipinski definition) is 1. The number of hydrogen-bond acceptors (Lipinski definition) is 5. The summed E-state index contributed by atoms with van der Waals surface area (Å²) >= 11 is 0. The van der Waals surface area contributed by atoms with Crippen molar-refractivity contribution in [2.75, 3.05) is 11.9 Å². The van der Waals surface area contributed by atoms with Gasteiger partial charge in [0.1, 0.15) is 12.1 Å². The Bertz CT molecular complexity index is 591. The molecule has 0 saturated heterocycles. The molecule has 0 unspecified atom stereocenters. The van der Waals surface area contributed by atoms with E-state index < -0.39 is 17.9 Å². The zero-order valence-corrected chi connectivity index (χ0v) is 9.01. The molecule has 8 heteroatoms. The second-order valence-electron chi connectivity index (χ2n) is 3.45. The van der Waals surface area contributed by atoms with Crippen LogP contribution in [0.2, 0.25) is 0 Å². The summed E-state index contributed by atoms with van der Waals surface area (Å²) in [6.45, 7) is -0.575. The van der Waals surface area contributed by atoms with Gasteiger partial charge in [-0.3, -0.25) is 10.1 Å². The molecule has 0 aliphatic heterocycles. The summed E-state index contributed by atoms with van der Waals surface area (Å²) in [5.41, 5.74) is 0.310. The highest BCUT2D eigenvalue weighted by Gasteiger charge is 2.11. The lowest BCUT2D eigenvalue weighted by molar-refractivity contribution is -0.384. The molecule has 18 heavy (non-hydrogen) atoms. The maximum atomic E-state index is 12.1. The van der Waals surface area contributed by atoms with Crippen LogP contribution in [0.5, 0.6) is 0 Å². The molecule has 0 bridgehead atoms. The monoisotopic (exact) mass is 254 g/mol. The molecule has 0 aliphatic rings. The van der Waals surface area contributed by atoms with E-state index in [-0.39, 0.29) is 11.5 Å². The van der Waals surface area contributed by atoms with E-state index in [0.717, 1.165) is 0 Å². The molecule has 1 heterocycles. The fourth-order valence-electron chi connectivity index (χ4n) is 1.47. The van der Waals surface area contributed by atoms with Gasteiger partial charge in [0.2, 0.25) is 0 Å². The summed E-state index contributed by atoms with van der Waals surface area (Å²) in [5, 5.41) is 13.4. The number of nitro benzene ring substituents is 1. The van der Waals surface area contributed by atoms with Crippen LogP contribution in [0, 0.1) is 10.1 Å². The Hall–Kier alpha value is -2.38. The van der Waals surface area contributed by atoms with Crippen LogP contribution in [0.3, 0.4) is 0 Å². The van der Waals surface area contributed by atoms with Gasteiger partial charge in [-0.15, -0.1) is 0 Å². The molecule has 0 atom stereocenters. The molecule has 0 amide bonds. The highest BCUT2D eigenvalue weighted by Crippen LogP contribution is 2.24. The number of nitrogens with zero attached hydrogens (tertiary/aromatic N) is 3. The van der Waals surface area contributed by atoms with Crippen LogP contribution in [-0.2, 0) is 0 Å². The number of fused-ring (bicyclic) bond motifs is 1. The maximum Gasteiger partial charge on any atom is 0.270 e. The van der Waals surface area contributed by atoms with Crippen LogP contribution in [0.15, 0.2) is 24.5 Å². The first-order valence-corrected chi connectivity index (χ1v) is 4.99. The molecular weight excluding hydrogens is 246 g/mol. The Morgan fingerprint density at radius 1 is 1.39 bits per heavy atom. The predicted molar refractivity (Wildman–Crippen MR) is 60.7 cm³/mol. The van der Waals surface area contributed by atoms with Gasteiger partial charge in [0.15, 0.2) is 0 Å². The van der Waals surface area contributed by atoms with Crippen LogP contribution < -0.4 is 5.32 Å². The van der Waals surface area contributed by atoms with E-state index in [1.165, 1.54) is 24.5 Å². The summed E-state index contributed by atoms with van der Waals surface area (Å²) in [6.07, 6.45) is -1.32. The molecule has 2 rings (SSSR count). The summed E-state index contributed by atoms with van der Waals surface area (Å²) < 4.78 is 24.2. The van der Waals surface area contributed by atoms with Gasteiger partial charge in [0.05, 0.1) is 17.0 Å². The number of nitrogens with one attached hydrogen (secondary N) is 1. The maximum absolute atomic E-state index is 12.1. The second-order valence-corrected chi connectivity index (χ2v) is 3.45. The van der Waals surface area contributed by atoms with Crippen LogP contribution >= 0.6 is 0 Å². The van der Waals surface area contributed by atoms with E-state index in [9.17, 15) is 18.9 Å². The standard InChI is InChI=1S/C10H8F2N4O2/c11-9(12)4-13-10-7-3-6(16(17)18)1-2-8(7)14-5-15-10/h1-3,5,9H,4H2,(H,13,14,15). The summed E-state index contributed by atoms with van der Waals surface area (Å²) in [7, 11) is 0. The van der Waals surface area contributed by atoms with Crippen molar-refractivity contribution in [2.45, 2.75) is 6.43 Å². The van der Waals surface area contributed by atoms with Crippen molar-refractivity contribution < 1.29 is 13.7 Å². The van der Waals surface area contributed by atoms with Crippen molar-refractivity contribution in [3.05, 3.63) is 34.6 Å². The number of aromatic nitrogens is 2. The lowest BCUT2D eigenvalue weighted by Gasteiger charge is -2.07. The Labute approximate surface area is 99.8 Å². The third-order valence-corrected chi connectivity index (χ3v) is 2.25.